The molecule has 30 heavy (non-hydrogen) atoms. The van der Waals surface area contributed by atoms with Crippen molar-refractivity contribution in [3.63, 3.8) is 0 Å². The number of rotatable bonds is 7. The summed E-state index contributed by atoms with van der Waals surface area (Å²) in [6, 6.07) is 9.38. The summed E-state index contributed by atoms with van der Waals surface area (Å²) in [5, 5.41) is 11.8. The molecular formula is C19H20Cl2N4O4S. The molecule has 2 aromatic carbocycles. The first-order valence-electron chi connectivity index (χ1n) is 8.66. The minimum absolute atomic E-state index is 0. The number of anilines is 1. The first-order valence-corrected chi connectivity index (χ1v) is 9.85. The van der Waals surface area contributed by atoms with Crippen molar-refractivity contribution in [2.75, 3.05) is 39.2 Å². The van der Waals surface area contributed by atoms with Crippen LogP contribution in [0, 0.1) is 10.1 Å². The smallest absolute Gasteiger partial charge is 0.270 e. The summed E-state index contributed by atoms with van der Waals surface area (Å²) in [5.74, 6) is 0.164. The second-order valence-electron chi connectivity index (χ2n) is 6.48. The molecule has 1 amide bonds. The van der Waals surface area contributed by atoms with Gasteiger partial charge in [-0.15, -0.1) is 12.4 Å². The molecule has 1 aromatic heterocycles. The third-order valence-electron chi connectivity index (χ3n) is 4.23. The second kappa shape index (κ2) is 10.0. The van der Waals surface area contributed by atoms with Crippen LogP contribution in [0.25, 0.3) is 10.2 Å². The maximum atomic E-state index is 13.3. The second-order valence-corrected chi connectivity index (χ2v) is 7.90. The zero-order chi connectivity index (χ0) is 21.1. The van der Waals surface area contributed by atoms with Gasteiger partial charge in [0.05, 0.1) is 27.3 Å². The number of fused-ring (bicyclic) bond motifs is 1. The number of nitro benzene ring substituents is 1. The molecule has 0 aliphatic rings. The number of ether oxygens (including phenoxy) is 1. The van der Waals surface area contributed by atoms with Gasteiger partial charge in [0, 0.05) is 25.2 Å². The van der Waals surface area contributed by atoms with E-state index < -0.39 is 10.8 Å². The highest BCUT2D eigenvalue weighted by atomic mass is 35.5. The molecule has 0 bridgehead atoms. The van der Waals surface area contributed by atoms with Crippen molar-refractivity contribution in [1.29, 1.82) is 0 Å². The van der Waals surface area contributed by atoms with Crippen LogP contribution >= 0.6 is 35.3 Å². The van der Waals surface area contributed by atoms with Crippen molar-refractivity contribution in [2.24, 2.45) is 0 Å². The Morgan fingerprint density at radius 3 is 2.63 bits per heavy atom. The van der Waals surface area contributed by atoms with Crippen LogP contribution in [0.2, 0.25) is 5.02 Å². The number of nitrogens with zero attached hydrogens (tertiary/aromatic N) is 4. The minimum atomic E-state index is -0.556. The van der Waals surface area contributed by atoms with Crippen LogP contribution in [0.4, 0.5) is 10.8 Å². The van der Waals surface area contributed by atoms with Gasteiger partial charge in [-0.1, -0.05) is 29.0 Å². The Hall–Kier alpha value is -2.46. The van der Waals surface area contributed by atoms with Crippen molar-refractivity contribution in [2.45, 2.75) is 0 Å². The molecule has 0 aliphatic carbocycles. The highest BCUT2D eigenvalue weighted by molar-refractivity contribution is 7.22. The first kappa shape index (κ1) is 23.8. The van der Waals surface area contributed by atoms with Gasteiger partial charge in [0.2, 0.25) is 0 Å². The van der Waals surface area contributed by atoms with Crippen LogP contribution in [-0.2, 0) is 0 Å². The number of carbonyl (C=O) groups is 1. The normalized spacial score (nSPS) is 10.7. The Balaban J connectivity index is 0.00000320. The number of hydrogen-bond donors (Lipinski definition) is 0. The molecule has 3 aromatic rings. The SMILES string of the molecule is COc1cccc2sc(N(CCN(C)C)C(=O)c3cc([N+](=O)[O-])ccc3Cl)nc12.Cl. The van der Waals surface area contributed by atoms with Crippen molar-refractivity contribution in [3.8, 4) is 5.75 Å². The lowest BCUT2D eigenvalue weighted by molar-refractivity contribution is -0.384. The van der Waals surface area contributed by atoms with Crippen LogP contribution in [-0.4, -0.2) is 55.0 Å². The van der Waals surface area contributed by atoms with E-state index in [0.717, 1.165) is 4.70 Å². The Labute approximate surface area is 188 Å². The molecule has 8 nitrogen and oxygen atoms in total. The Kier molecular flexibility index (Phi) is 7.96. The van der Waals surface area contributed by atoms with Gasteiger partial charge in [-0.25, -0.2) is 4.98 Å². The number of nitro groups is 1. The number of likely N-dealkylation sites (N-methyl/N-ethyl adjacent to an activating group) is 1. The van der Waals surface area contributed by atoms with Gasteiger partial charge in [0.1, 0.15) is 11.3 Å². The molecule has 0 aliphatic heterocycles. The lowest BCUT2D eigenvalue weighted by atomic mass is 10.1. The van der Waals surface area contributed by atoms with Gasteiger partial charge in [-0.3, -0.25) is 19.8 Å². The molecule has 3 rings (SSSR count). The lowest BCUT2D eigenvalue weighted by Gasteiger charge is -2.22. The van der Waals surface area contributed by atoms with Crippen LogP contribution in [0.1, 0.15) is 10.4 Å². The Morgan fingerprint density at radius 1 is 1.27 bits per heavy atom. The number of thiazole rings is 1. The van der Waals surface area contributed by atoms with E-state index >= 15 is 0 Å². The highest BCUT2D eigenvalue weighted by Gasteiger charge is 2.25. The average Bonchev–Trinajstić information content (AvgIpc) is 3.11. The highest BCUT2D eigenvalue weighted by Crippen LogP contribution is 2.35. The number of hydrogen-bond acceptors (Lipinski definition) is 7. The maximum absolute atomic E-state index is 13.3. The molecule has 0 saturated heterocycles. The van der Waals surface area contributed by atoms with E-state index in [9.17, 15) is 14.9 Å². The third-order valence-corrected chi connectivity index (χ3v) is 5.60. The van der Waals surface area contributed by atoms with Gasteiger partial charge in [0.15, 0.2) is 5.13 Å². The van der Waals surface area contributed by atoms with Gasteiger partial charge in [0.25, 0.3) is 11.6 Å². The number of benzene rings is 2. The maximum Gasteiger partial charge on any atom is 0.270 e. The van der Waals surface area contributed by atoms with Crippen molar-refractivity contribution in [1.82, 2.24) is 9.88 Å². The van der Waals surface area contributed by atoms with Crippen LogP contribution in [0.15, 0.2) is 36.4 Å². The third kappa shape index (κ3) is 4.99. The number of halogens is 2. The van der Waals surface area contributed by atoms with Gasteiger partial charge < -0.3 is 9.64 Å². The van der Waals surface area contributed by atoms with Crippen LogP contribution < -0.4 is 9.64 Å². The average molecular weight is 471 g/mol. The molecule has 0 saturated carbocycles. The van der Waals surface area contributed by atoms with Crippen molar-refractivity contribution in [3.05, 3.63) is 57.1 Å². The van der Waals surface area contributed by atoms with Crippen molar-refractivity contribution < 1.29 is 14.5 Å². The summed E-state index contributed by atoms with van der Waals surface area (Å²) in [7, 11) is 5.35. The van der Waals surface area contributed by atoms with Gasteiger partial charge in [-0.05, 0) is 32.3 Å². The summed E-state index contributed by atoms with van der Waals surface area (Å²) >= 11 is 7.54. The summed E-state index contributed by atoms with van der Waals surface area (Å²) < 4.78 is 6.23. The number of para-hydroxylation sites is 1. The Morgan fingerprint density at radius 2 is 2.00 bits per heavy atom. The molecule has 0 unspecified atom stereocenters. The van der Waals surface area contributed by atoms with E-state index in [1.807, 2.05) is 31.1 Å². The van der Waals surface area contributed by atoms with Crippen molar-refractivity contribution >= 4 is 62.3 Å². The molecule has 11 heteroatoms. The summed E-state index contributed by atoms with van der Waals surface area (Å²) in [4.78, 5) is 31.9. The number of aromatic nitrogens is 1. The molecule has 160 valence electrons. The standard InChI is InChI=1S/C19H19ClN4O4S.ClH/c1-22(2)9-10-23(18(25)13-11-12(24(26)27)7-8-14(13)20)19-21-17-15(28-3)5-4-6-16(17)29-19;/h4-8,11H,9-10H2,1-3H3;1H. The van der Waals surface area contributed by atoms with E-state index in [0.29, 0.717) is 29.5 Å². The minimum Gasteiger partial charge on any atom is -0.494 e. The van der Waals surface area contributed by atoms with Gasteiger partial charge >= 0.3 is 0 Å². The molecule has 0 fully saturated rings. The monoisotopic (exact) mass is 470 g/mol. The van der Waals surface area contributed by atoms with E-state index in [4.69, 9.17) is 16.3 Å². The quantitative estimate of drug-likeness (QED) is 0.373. The summed E-state index contributed by atoms with van der Waals surface area (Å²) in [5.41, 5.74) is 0.518. The fourth-order valence-electron chi connectivity index (χ4n) is 2.71. The molecule has 0 radical (unpaired) electrons. The zero-order valence-electron chi connectivity index (χ0n) is 16.5. The molecule has 0 atom stereocenters. The number of methoxy groups -OCH3 is 1. The fourth-order valence-corrected chi connectivity index (χ4v) is 3.92. The predicted octanol–water partition coefficient (Wildman–Crippen LogP) is 4.50. The number of non-ortho nitro benzene ring substituents is 1. The zero-order valence-corrected chi connectivity index (χ0v) is 18.9. The first-order chi connectivity index (χ1) is 13.8. The van der Waals surface area contributed by atoms with E-state index in [1.165, 1.54) is 34.4 Å². The van der Waals surface area contributed by atoms with E-state index in [1.54, 1.807) is 13.2 Å². The lowest BCUT2D eigenvalue weighted by Crippen LogP contribution is -2.37. The fraction of sp³-hybridized carbons (Fsp3) is 0.263. The predicted molar refractivity (Wildman–Crippen MR) is 122 cm³/mol. The Bertz CT molecular complexity index is 1070. The van der Waals surface area contributed by atoms with Crippen LogP contribution in [0.5, 0.6) is 5.75 Å². The molecule has 1 heterocycles. The van der Waals surface area contributed by atoms with Crippen LogP contribution in [0.3, 0.4) is 0 Å². The van der Waals surface area contributed by atoms with E-state index in [-0.39, 0.29) is 28.7 Å². The largest absolute Gasteiger partial charge is 0.494 e. The van der Waals surface area contributed by atoms with Gasteiger partial charge in [-0.2, -0.15) is 0 Å². The number of amides is 1. The topological polar surface area (TPSA) is 88.8 Å². The molecule has 0 N–H and O–H groups in total. The molecular weight excluding hydrogens is 451 g/mol. The molecule has 0 spiro atoms. The van der Waals surface area contributed by atoms with E-state index in [2.05, 4.69) is 4.98 Å². The summed E-state index contributed by atoms with van der Waals surface area (Å²) in [6.07, 6.45) is 0. The summed E-state index contributed by atoms with van der Waals surface area (Å²) in [6.45, 7) is 0.915. The number of carbonyl (C=O) groups excluding carboxylic acids is 1.